The first kappa shape index (κ1) is 23.1. The van der Waals surface area contributed by atoms with Crippen LogP contribution in [0.25, 0.3) is 6.08 Å². The molecule has 0 amide bonds. The number of aliphatic imine (C=N–C) groups is 1. The number of morpholine rings is 1. The molecule has 4 nitrogen and oxygen atoms in total. The average Bonchev–Trinajstić information content (AvgIpc) is 3.23. The van der Waals surface area contributed by atoms with Crippen molar-refractivity contribution in [3.05, 3.63) is 74.5 Å². The van der Waals surface area contributed by atoms with Crippen LogP contribution in [0.1, 0.15) is 32.3 Å². The number of anilines is 1. The summed E-state index contributed by atoms with van der Waals surface area (Å²) in [6, 6.07) is 17.3. The SMILES string of the molecule is CCN(CC)c1ccc(C=C2CCC(C=Nc3ccc(I)cc3)=C2N2CCOCC2)cc1. The van der Waals surface area contributed by atoms with E-state index in [4.69, 9.17) is 9.73 Å². The zero-order valence-electron chi connectivity index (χ0n) is 19.1. The lowest BCUT2D eigenvalue weighted by atomic mass is 10.1. The van der Waals surface area contributed by atoms with Crippen molar-refractivity contribution in [3.8, 4) is 0 Å². The first-order chi connectivity index (χ1) is 15.7. The molecule has 0 radical (unpaired) electrons. The van der Waals surface area contributed by atoms with Crippen LogP contribution in [0, 0.1) is 3.57 Å². The average molecular weight is 541 g/mol. The van der Waals surface area contributed by atoms with Gasteiger partial charge in [-0.3, -0.25) is 4.99 Å². The molecule has 0 N–H and O–H groups in total. The zero-order chi connectivity index (χ0) is 22.3. The third kappa shape index (κ3) is 5.62. The van der Waals surface area contributed by atoms with Crippen LogP contribution in [0.4, 0.5) is 11.4 Å². The van der Waals surface area contributed by atoms with Gasteiger partial charge in [0.25, 0.3) is 0 Å². The topological polar surface area (TPSA) is 28.1 Å². The molecule has 2 aromatic rings. The number of nitrogens with zero attached hydrogens (tertiary/aromatic N) is 3. The Morgan fingerprint density at radius 2 is 1.66 bits per heavy atom. The van der Waals surface area contributed by atoms with Gasteiger partial charge in [0.1, 0.15) is 0 Å². The molecule has 2 aliphatic rings. The van der Waals surface area contributed by atoms with E-state index in [2.05, 4.69) is 107 Å². The number of allylic oxidation sites excluding steroid dienone is 2. The minimum atomic E-state index is 0.789. The van der Waals surface area contributed by atoms with Crippen LogP contribution in [0.15, 0.2) is 70.4 Å². The van der Waals surface area contributed by atoms with Crippen molar-refractivity contribution in [1.29, 1.82) is 0 Å². The van der Waals surface area contributed by atoms with Gasteiger partial charge in [0.05, 0.1) is 18.9 Å². The van der Waals surface area contributed by atoms with E-state index >= 15 is 0 Å². The Morgan fingerprint density at radius 3 is 2.31 bits per heavy atom. The van der Waals surface area contributed by atoms with Gasteiger partial charge < -0.3 is 14.5 Å². The second kappa shape index (κ2) is 11.1. The minimum Gasteiger partial charge on any atom is -0.378 e. The summed E-state index contributed by atoms with van der Waals surface area (Å²) >= 11 is 2.33. The molecule has 0 aromatic heterocycles. The largest absolute Gasteiger partial charge is 0.378 e. The van der Waals surface area contributed by atoms with Crippen LogP contribution in [0.2, 0.25) is 0 Å². The molecule has 168 valence electrons. The molecule has 32 heavy (non-hydrogen) atoms. The molecule has 0 atom stereocenters. The van der Waals surface area contributed by atoms with E-state index in [9.17, 15) is 0 Å². The van der Waals surface area contributed by atoms with Gasteiger partial charge in [-0.25, -0.2) is 0 Å². The van der Waals surface area contributed by atoms with E-state index in [0.29, 0.717) is 0 Å². The summed E-state index contributed by atoms with van der Waals surface area (Å²) in [6.45, 7) is 9.93. The maximum absolute atomic E-state index is 5.62. The lowest BCUT2D eigenvalue weighted by Gasteiger charge is -2.31. The van der Waals surface area contributed by atoms with E-state index < -0.39 is 0 Å². The number of hydrogen-bond donors (Lipinski definition) is 0. The summed E-state index contributed by atoms with van der Waals surface area (Å²) in [7, 11) is 0. The molecular formula is C27H32IN3O. The van der Waals surface area contributed by atoms with Crippen molar-refractivity contribution >= 4 is 46.3 Å². The monoisotopic (exact) mass is 541 g/mol. The fraction of sp³-hybridized carbons (Fsp3) is 0.370. The molecule has 4 rings (SSSR count). The maximum atomic E-state index is 5.62. The lowest BCUT2D eigenvalue weighted by Crippen LogP contribution is -2.36. The van der Waals surface area contributed by atoms with Crippen molar-refractivity contribution in [2.45, 2.75) is 26.7 Å². The molecule has 1 fully saturated rings. The summed E-state index contributed by atoms with van der Waals surface area (Å²) in [4.78, 5) is 9.66. The summed E-state index contributed by atoms with van der Waals surface area (Å²) < 4.78 is 6.85. The summed E-state index contributed by atoms with van der Waals surface area (Å²) in [5.74, 6) is 0. The van der Waals surface area contributed by atoms with Crippen molar-refractivity contribution in [1.82, 2.24) is 4.90 Å². The summed E-state index contributed by atoms with van der Waals surface area (Å²) in [5.41, 5.74) is 7.65. The van der Waals surface area contributed by atoms with E-state index in [1.165, 1.54) is 31.7 Å². The normalized spacial score (nSPS) is 18.2. The van der Waals surface area contributed by atoms with E-state index in [1.807, 2.05) is 0 Å². The number of benzene rings is 2. The predicted octanol–water partition coefficient (Wildman–Crippen LogP) is 6.30. The minimum absolute atomic E-state index is 0.789. The standard InChI is InChI=1S/C27H32IN3O/c1-3-30(4-2)26-13-5-21(6-14-26)19-22-7-8-23(27(22)31-15-17-32-18-16-31)20-29-25-11-9-24(28)10-12-25/h5-6,9-14,19-20H,3-4,7-8,15-18H2,1-2H3. The van der Waals surface area contributed by atoms with Crippen molar-refractivity contribution in [2.75, 3.05) is 44.3 Å². The Hall–Kier alpha value is -2.12. The van der Waals surface area contributed by atoms with Crippen molar-refractivity contribution < 1.29 is 4.74 Å². The fourth-order valence-corrected chi connectivity index (χ4v) is 4.78. The van der Waals surface area contributed by atoms with Gasteiger partial charge in [-0.2, -0.15) is 0 Å². The van der Waals surface area contributed by atoms with Crippen LogP contribution in [0.5, 0.6) is 0 Å². The Balaban J connectivity index is 1.62. The Morgan fingerprint density at radius 1 is 0.969 bits per heavy atom. The number of halogens is 1. The van der Waals surface area contributed by atoms with Crippen LogP contribution in [-0.2, 0) is 4.74 Å². The molecule has 2 aromatic carbocycles. The number of hydrogen-bond acceptors (Lipinski definition) is 4. The Kier molecular flexibility index (Phi) is 8.03. The van der Waals surface area contributed by atoms with E-state index in [-0.39, 0.29) is 0 Å². The number of rotatable bonds is 7. The van der Waals surface area contributed by atoms with Crippen LogP contribution >= 0.6 is 22.6 Å². The second-order valence-corrected chi connectivity index (χ2v) is 9.39. The lowest BCUT2D eigenvalue weighted by molar-refractivity contribution is 0.0548. The Bertz CT molecular complexity index is 983. The first-order valence-electron chi connectivity index (χ1n) is 11.6. The van der Waals surface area contributed by atoms with Gasteiger partial charge in [-0.1, -0.05) is 12.1 Å². The molecule has 1 heterocycles. The second-order valence-electron chi connectivity index (χ2n) is 8.14. The third-order valence-electron chi connectivity index (χ3n) is 6.16. The molecule has 0 bridgehead atoms. The zero-order valence-corrected chi connectivity index (χ0v) is 21.2. The highest BCUT2D eigenvalue weighted by Gasteiger charge is 2.25. The highest BCUT2D eigenvalue weighted by Crippen LogP contribution is 2.35. The molecule has 0 saturated carbocycles. The molecule has 1 saturated heterocycles. The van der Waals surface area contributed by atoms with Crippen molar-refractivity contribution in [2.24, 2.45) is 4.99 Å². The third-order valence-corrected chi connectivity index (χ3v) is 6.88. The quantitative estimate of drug-likeness (QED) is 0.304. The van der Waals surface area contributed by atoms with Gasteiger partial charge in [0.15, 0.2) is 0 Å². The first-order valence-corrected chi connectivity index (χ1v) is 12.7. The van der Waals surface area contributed by atoms with Gasteiger partial charge in [0.2, 0.25) is 0 Å². The molecule has 1 aliphatic heterocycles. The molecule has 1 aliphatic carbocycles. The molecule has 0 unspecified atom stereocenters. The Labute approximate surface area is 205 Å². The van der Waals surface area contributed by atoms with E-state index in [0.717, 1.165) is 57.9 Å². The van der Waals surface area contributed by atoms with Gasteiger partial charge in [-0.05, 0) is 108 Å². The highest BCUT2D eigenvalue weighted by atomic mass is 127. The van der Waals surface area contributed by atoms with Gasteiger partial charge in [-0.15, -0.1) is 0 Å². The van der Waals surface area contributed by atoms with Crippen molar-refractivity contribution in [3.63, 3.8) is 0 Å². The number of ether oxygens (including phenoxy) is 1. The highest BCUT2D eigenvalue weighted by molar-refractivity contribution is 14.1. The smallest absolute Gasteiger partial charge is 0.0642 e. The maximum Gasteiger partial charge on any atom is 0.0642 e. The van der Waals surface area contributed by atoms with Crippen LogP contribution in [0.3, 0.4) is 0 Å². The predicted molar refractivity (Wildman–Crippen MR) is 144 cm³/mol. The van der Waals surface area contributed by atoms with Crippen LogP contribution in [-0.4, -0.2) is 50.5 Å². The van der Waals surface area contributed by atoms with Gasteiger partial charge in [0, 0.05) is 47.3 Å². The molecule has 5 heteroatoms. The fourth-order valence-electron chi connectivity index (χ4n) is 4.42. The van der Waals surface area contributed by atoms with Gasteiger partial charge >= 0.3 is 0 Å². The van der Waals surface area contributed by atoms with Crippen LogP contribution < -0.4 is 4.90 Å². The molecule has 0 spiro atoms. The molecular weight excluding hydrogens is 509 g/mol. The summed E-state index contributed by atoms with van der Waals surface area (Å²) in [6.07, 6.45) is 6.53. The van der Waals surface area contributed by atoms with E-state index in [1.54, 1.807) is 0 Å². The summed E-state index contributed by atoms with van der Waals surface area (Å²) in [5, 5.41) is 0.